The van der Waals surface area contributed by atoms with Gasteiger partial charge in [0.15, 0.2) is 0 Å². The number of hydrogen-bond acceptors (Lipinski definition) is 3. The third-order valence-corrected chi connectivity index (χ3v) is 4.11. The summed E-state index contributed by atoms with van der Waals surface area (Å²) < 4.78 is 0. The molecule has 0 aliphatic carbocycles. The molecule has 1 aromatic carbocycles. The Kier molecular flexibility index (Phi) is 4.71. The molecule has 2 aromatic rings. The number of pyridine rings is 1. The molecule has 1 aliphatic rings. The maximum Gasteiger partial charge on any atom is 0.255 e. The number of carbonyl (C=O) groups excluding carboxylic acids is 1. The van der Waals surface area contributed by atoms with Gasteiger partial charge in [-0.2, -0.15) is 0 Å². The number of piperazine rings is 1. The predicted molar refractivity (Wildman–Crippen MR) is 86.9 cm³/mol. The second-order valence-corrected chi connectivity index (χ2v) is 5.81. The minimum Gasteiger partial charge on any atom is -0.336 e. The summed E-state index contributed by atoms with van der Waals surface area (Å²) in [5.74, 6) is 0.0310. The van der Waals surface area contributed by atoms with Crippen molar-refractivity contribution in [1.82, 2.24) is 14.8 Å². The Hall–Kier alpha value is -1.91. The van der Waals surface area contributed by atoms with E-state index >= 15 is 0 Å². The summed E-state index contributed by atoms with van der Waals surface area (Å²) in [6.07, 6.45) is 1.54. The van der Waals surface area contributed by atoms with E-state index in [0.29, 0.717) is 10.7 Å². The molecule has 3 rings (SSSR count). The van der Waals surface area contributed by atoms with Gasteiger partial charge in [-0.05, 0) is 17.7 Å². The van der Waals surface area contributed by atoms with Crippen molar-refractivity contribution in [1.29, 1.82) is 0 Å². The van der Waals surface area contributed by atoms with Gasteiger partial charge in [-0.3, -0.25) is 9.69 Å². The summed E-state index contributed by atoms with van der Waals surface area (Å²) in [7, 11) is 0. The van der Waals surface area contributed by atoms with Gasteiger partial charge in [0.1, 0.15) is 5.15 Å². The van der Waals surface area contributed by atoms with Crippen LogP contribution in [0.3, 0.4) is 0 Å². The molecule has 0 N–H and O–H groups in total. The van der Waals surface area contributed by atoms with Gasteiger partial charge < -0.3 is 4.90 Å². The second-order valence-electron chi connectivity index (χ2n) is 5.42. The first-order valence-electron chi connectivity index (χ1n) is 7.39. The van der Waals surface area contributed by atoms with E-state index in [1.165, 1.54) is 5.56 Å². The highest BCUT2D eigenvalue weighted by Gasteiger charge is 2.22. The SMILES string of the molecule is O=C(c1ccc(Cl)nc1)N1CCN(Cc2ccccc2)CC1. The molecule has 0 unspecified atom stereocenters. The van der Waals surface area contributed by atoms with E-state index in [1.807, 2.05) is 11.0 Å². The maximum absolute atomic E-state index is 12.4. The Morgan fingerprint density at radius 1 is 1.05 bits per heavy atom. The van der Waals surface area contributed by atoms with E-state index in [-0.39, 0.29) is 5.91 Å². The quantitative estimate of drug-likeness (QED) is 0.817. The molecular formula is C17H18ClN3O. The van der Waals surface area contributed by atoms with Gasteiger partial charge in [0, 0.05) is 38.9 Å². The standard InChI is InChI=1S/C17H18ClN3O/c18-16-7-6-15(12-19-16)17(22)21-10-8-20(9-11-21)13-14-4-2-1-3-5-14/h1-7,12H,8-11,13H2. The lowest BCUT2D eigenvalue weighted by molar-refractivity contribution is 0.0628. The molecular weight excluding hydrogens is 298 g/mol. The molecule has 0 radical (unpaired) electrons. The van der Waals surface area contributed by atoms with Gasteiger partial charge >= 0.3 is 0 Å². The van der Waals surface area contributed by atoms with Crippen molar-refractivity contribution < 1.29 is 4.79 Å². The Labute approximate surface area is 135 Å². The number of benzene rings is 1. The zero-order valence-corrected chi connectivity index (χ0v) is 13.0. The Morgan fingerprint density at radius 2 is 1.77 bits per heavy atom. The highest BCUT2D eigenvalue weighted by Crippen LogP contribution is 2.12. The fourth-order valence-electron chi connectivity index (χ4n) is 2.64. The number of aromatic nitrogens is 1. The van der Waals surface area contributed by atoms with Crippen LogP contribution < -0.4 is 0 Å². The topological polar surface area (TPSA) is 36.4 Å². The normalized spacial score (nSPS) is 15.8. The molecule has 1 fully saturated rings. The first-order valence-corrected chi connectivity index (χ1v) is 7.77. The Morgan fingerprint density at radius 3 is 2.41 bits per heavy atom. The van der Waals surface area contributed by atoms with E-state index in [9.17, 15) is 4.79 Å². The highest BCUT2D eigenvalue weighted by molar-refractivity contribution is 6.29. The lowest BCUT2D eigenvalue weighted by atomic mass is 10.2. The van der Waals surface area contributed by atoms with Crippen LogP contribution in [0.25, 0.3) is 0 Å². The summed E-state index contributed by atoms with van der Waals surface area (Å²) in [6, 6.07) is 13.8. The van der Waals surface area contributed by atoms with Crippen LogP contribution >= 0.6 is 11.6 Å². The molecule has 1 aromatic heterocycles. The van der Waals surface area contributed by atoms with Crippen molar-refractivity contribution >= 4 is 17.5 Å². The lowest BCUT2D eigenvalue weighted by Gasteiger charge is -2.34. The van der Waals surface area contributed by atoms with E-state index in [4.69, 9.17) is 11.6 Å². The van der Waals surface area contributed by atoms with Crippen molar-refractivity contribution in [2.75, 3.05) is 26.2 Å². The van der Waals surface area contributed by atoms with E-state index in [1.54, 1.807) is 18.3 Å². The maximum atomic E-state index is 12.4. The molecule has 5 heteroatoms. The number of halogens is 1. The van der Waals surface area contributed by atoms with Gasteiger partial charge in [-0.15, -0.1) is 0 Å². The number of hydrogen-bond donors (Lipinski definition) is 0. The van der Waals surface area contributed by atoms with Crippen molar-refractivity contribution in [2.45, 2.75) is 6.54 Å². The first-order chi connectivity index (χ1) is 10.7. The van der Waals surface area contributed by atoms with Crippen molar-refractivity contribution in [2.24, 2.45) is 0 Å². The molecule has 1 aliphatic heterocycles. The molecule has 0 bridgehead atoms. The summed E-state index contributed by atoms with van der Waals surface area (Å²) in [5, 5.41) is 0.407. The first kappa shape index (κ1) is 15.0. The smallest absolute Gasteiger partial charge is 0.255 e. The zero-order valence-electron chi connectivity index (χ0n) is 12.3. The van der Waals surface area contributed by atoms with Crippen LogP contribution in [0.4, 0.5) is 0 Å². The molecule has 114 valence electrons. The van der Waals surface area contributed by atoms with E-state index in [0.717, 1.165) is 32.7 Å². The predicted octanol–water partition coefficient (Wildman–Crippen LogP) is 2.69. The Balaban J connectivity index is 1.55. The number of rotatable bonds is 3. The average molecular weight is 316 g/mol. The van der Waals surface area contributed by atoms with Crippen molar-refractivity contribution in [3.05, 3.63) is 64.9 Å². The molecule has 0 spiro atoms. The van der Waals surface area contributed by atoms with Crippen molar-refractivity contribution in [3.8, 4) is 0 Å². The highest BCUT2D eigenvalue weighted by atomic mass is 35.5. The monoisotopic (exact) mass is 315 g/mol. The number of nitrogens with zero attached hydrogens (tertiary/aromatic N) is 3. The molecule has 0 saturated carbocycles. The van der Waals surface area contributed by atoms with Crippen LogP contribution in [0.1, 0.15) is 15.9 Å². The fraction of sp³-hybridized carbons (Fsp3) is 0.294. The minimum atomic E-state index is 0.0310. The van der Waals surface area contributed by atoms with Crippen LogP contribution in [-0.4, -0.2) is 46.9 Å². The summed E-state index contributed by atoms with van der Waals surface area (Å²) >= 11 is 5.76. The summed E-state index contributed by atoms with van der Waals surface area (Å²) in [5.41, 5.74) is 1.91. The van der Waals surface area contributed by atoms with Crippen LogP contribution in [0.5, 0.6) is 0 Å². The van der Waals surface area contributed by atoms with Gasteiger partial charge in [0.05, 0.1) is 5.56 Å². The van der Waals surface area contributed by atoms with Crippen molar-refractivity contribution in [3.63, 3.8) is 0 Å². The summed E-state index contributed by atoms with van der Waals surface area (Å²) in [4.78, 5) is 20.6. The molecule has 2 heterocycles. The second kappa shape index (κ2) is 6.90. The third kappa shape index (κ3) is 3.64. The number of amides is 1. The molecule has 0 atom stereocenters. The zero-order chi connectivity index (χ0) is 15.4. The largest absolute Gasteiger partial charge is 0.336 e. The average Bonchev–Trinajstić information content (AvgIpc) is 2.57. The van der Waals surface area contributed by atoms with E-state index < -0.39 is 0 Å². The van der Waals surface area contributed by atoms with Crippen LogP contribution in [0.2, 0.25) is 5.15 Å². The van der Waals surface area contributed by atoms with Gasteiger partial charge in [-0.25, -0.2) is 4.98 Å². The molecule has 22 heavy (non-hydrogen) atoms. The van der Waals surface area contributed by atoms with Gasteiger partial charge in [-0.1, -0.05) is 41.9 Å². The van der Waals surface area contributed by atoms with Gasteiger partial charge in [0.2, 0.25) is 0 Å². The van der Waals surface area contributed by atoms with E-state index in [2.05, 4.69) is 34.1 Å². The molecule has 1 saturated heterocycles. The molecule has 4 nitrogen and oxygen atoms in total. The number of carbonyl (C=O) groups is 1. The van der Waals surface area contributed by atoms with Gasteiger partial charge in [0.25, 0.3) is 5.91 Å². The fourth-order valence-corrected chi connectivity index (χ4v) is 2.75. The van der Waals surface area contributed by atoms with Crippen LogP contribution in [0.15, 0.2) is 48.7 Å². The Bertz CT molecular complexity index is 622. The van der Waals surface area contributed by atoms with Crippen LogP contribution in [0, 0.1) is 0 Å². The minimum absolute atomic E-state index is 0.0310. The summed E-state index contributed by atoms with van der Waals surface area (Å²) in [6.45, 7) is 4.21. The molecule has 1 amide bonds. The van der Waals surface area contributed by atoms with Crippen LogP contribution in [-0.2, 0) is 6.54 Å². The lowest BCUT2D eigenvalue weighted by Crippen LogP contribution is -2.48. The third-order valence-electron chi connectivity index (χ3n) is 3.88.